The van der Waals surface area contributed by atoms with Gasteiger partial charge in [0.2, 0.25) is 0 Å². The number of aryl methyl sites for hydroxylation is 1. The number of nitrogens with two attached hydrogens (primary N) is 1. The molecule has 0 saturated carbocycles. The molecule has 1 aromatic heterocycles. The third-order valence-electron chi connectivity index (χ3n) is 5.05. The highest BCUT2D eigenvalue weighted by Gasteiger charge is 2.17. The second-order valence-electron chi connectivity index (χ2n) is 7.52. The molecule has 0 aliphatic carbocycles. The number of hydrogen-bond donors (Lipinski definition) is 3. The van der Waals surface area contributed by atoms with Crippen LogP contribution in [0.1, 0.15) is 38.2 Å². The van der Waals surface area contributed by atoms with Crippen molar-refractivity contribution < 1.29 is 14.6 Å². The number of primary amides is 1. The quantitative estimate of drug-likeness (QED) is 0.452. The Balaban J connectivity index is 1.89. The minimum Gasteiger partial charge on any atom is -0.508 e. The Bertz CT molecular complexity index is 1120. The van der Waals surface area contributed by atoms with E-state index >= 15 is 0 Å². The first-order valence-electron chi connectivity index (χ1n) is 10.3. The average molecular weight is 421 g/mol. The molecule has 4 N–H and O–H groups in total. The van der Waals surface area contributed by atoms with Gasteiger partial charge in [-0.1, -0.05) is 31.9 Å². The van der Waals surface area contributed by atoms with E-state index in [2.05, 4.69) is 16.9 Å². The Morgan fingerprint density at radius 2 is 1.97 bits per heavy atom. The van der Waals surface area contributed by atoms with Crippen molar-refractivity contribution in [2.24, 2.45) is 5.73 Å². The fraction of sp³-hybridized carbons (Fsp3) is 0.292. The predicted octanol–water partition coefficient (Wildman–Crippen LogP) is 3.93. The van der Waals surface area contributed by atoms with E-state index in [1.807, 2.05) is 6.07 Å². The summed E-state index contributed by atoms with van der Waals surface area (Å²) in [6.07, 6.45) is 2.75. The van der Waals surface area contributed by atoms with Gasteiger partial charge in [0.25, 0.3) is 5.91 Å². The van der Waals surface area contributed by atoms with E-state index < -0.39 is 17.7 Å². The molecular formula is C24H27N3O4. The van der Waals surface area contributed by atoms with Gasteiger partial charge in [-0.05, 0) is 67.3 Å². The van der Waals surface area contributed by atoms with Crippen molar-refractivity contribution in [2.75, 3.05) is 0 Å². The number of ether oxygens (including phenoxy) is 1. The van der Waals surface area contributed by atoms with Crippen LogP contribution in [0.3, 0.4) is 0 Å². The van der Waals surface area contributed by atoms with Gasteiger partial charge in [0.15, 0.2) is 6.10 Å². The Labute approximate surface area is 180 Å². The molecular weight excluding hydrogens is 394 g/mol. The molecule has 0 spiro atoms. The van der Waals surface area contributed by atoms with Gasteiger partial charge in [0.05, 0.1) is 11.4 Å². The van der Waals surface area contributed by atoms with Crippen LogP contribution in [0.2, 0.25) is 0 Å². The number of nitrogens with zero attached hydrogens (tertiary/aromatic N) is 1. The molecule has 3 rings (SSSR count). The molecule has 7 nitrogen and oxygen atoms in total. The number of phenols is 1. The highest BCUT2D eigenvalue weighted by molar-refractivity contribution is 5.79. The smallest absolute Gasteiger partial charge is 0.345 e. The van der Waals surface area contributed by atoms with Crippen LogP contribution in [0.5, 0.6) is 11.5 Å². The molecule has 31 heavy (non-hydrogen) atoms. The highest BCUT2D eigenvalue weighted by atomic mass is 16.5. The van der Waals surface area contributed by atoms with Crippen LogP contribution in [-0.4, -0.2) is 27.1 Å². The van der Waals surface area contributed by atoms with Gasteiger partial charge in [0, 0.05) is 5.56 Å². The SMILES string of the molecule is CCCCCC(Oc1cccc(-c2cc(-c3ccc(O)c(C)c3)[nH]c(=O)n2)c1)C(N)=O. The largest absolute Gasteiger partial charge is 0.508 e. The number of carbonyl (C=O) groups excluding carboxylic acids is 1. The number of aromatic amines is 1. The maximum Gasteiger partial charge on any atom is 0.345 e. The Morgan fingerprint density at radius 1 is 1.16 bits per heavy atom. The van der Waals surface area contributed by atoms with E-state index in [9.17, 15) is 14.7 Å². The molecule has 1 heterocycles. The topological polar surface area (TPSA) is 118 Å². The van der Waals surface area contributed by atoms with Crippen molar-refractivity contribution in [2.45, 2.75) is 45.6 Å². The van der Waals surface area contributed by atoms with Gasteiger partial charge >= 0.3 is 5.69 Å². The molecule has 0 aliphatic rings. The summed E-state index contributed by atoms with van der Waals surface area (Å²) in [7, 11) is 0. The van der Waals surface area contributed by atoms with E-state index in [4.69, 9.17) is 10.5 Å². The van der Waals surface area contributed by atoms with Crippen molar-refractivity contribution in [3.05, 3.63) is 64.6 Å². The number of amides is 1. The van der Waals surface area contributed by atoms with Crippen LogP contribution in [0.15, 0.2) is 53.3 Å². The van der Waals surface area contributed by atoms with Crippen molar-refractivity contribution in [1.82, 2.24) is 9.97 Å². The monoisotopic (exact) mass is 421 g/mol. The Hall–Kier alpha value is -3.61. The van der Waals surface area contributed by atoms with Gasteiger partial charge in [0.1, 0.15) is 11.5 Å². The zero-order valence-electron chi connectivity index (χ0n) is 17.7. The molecule has 7 heteroatoms. The molecule has 1 unspecified atom stereocenters. The van der Waals surface area contributed by atoms with E-state index in [1.165, 1.54) is 0 Å². The number of aromatic nitrogens is 2. The lowest BCUT2D eigenvalue weighted by Gasteiger charge is -2.16. The second kappa shape index (κ2) is 9.93. The summed E-state index contributed by atoms with van der Waals surface area (Å²) in [4.78, 5) is 30.8. The summed E-state index contributed by atoms with van der Waals surface area (Å²) in [5.41, 5.74) is 8.20. The van der Waals surface area contributed by atoms with E-state index in [-0.39, 0.29) is 5.75 Å². The molecule has 0 fully saturated rings. The standard InChI is InChI=1S/C24H27N3O4/c1-3-4-5-9-22(23(25)29)31-18-8-6-7-16(13-18)19-14-20(27-24(30)26-19)17-10-11-21(28)15(2)12-17/h6-8,10-14,22,28H,3-5,9H2,1-2H3,(H2,25,29)(H,26,27,30). The van der Waals surface area contributed by atoms with Crippen LogP contribution in [-0.2, 0) is 4.79 Å². The number of aromatic hydroxyl groups is 1. The Morgan fingerprint density at radius 3 is 2.68 bits per heavy atom. The van der Waals surface area contributed by atoms with Gasteiger partial charge in [-0.2, -0.15) is 4.98 Å². The van der Waals surface area contributed by atoms with Crippen molar-refractivity contribution in [3.8, 4) is 34.0 Å². The van der Waals surface area contributed by atoms with Crippen LogP contribution in [0.25, 0.3) is 22.5 Å². The number of hydrogen-bond acceptors (Lipinski definition) is 5. The van der Waals surface area contributed by atoms with Crippen molar-refractivity contribution >= 4 is 5.91 Å². The molecule has 0 bridgehead atoms. The summed E-state index contributed by atoms with van der Waals surface area (Å²) in [5.74, 6) is 0.177. The van der Waals surface area contributed by atoms with Crippen LogP contribution < -0.4 is 16.2 Å². The third-order valence-corrected chi connectivity index (χ3v) is 5.05. The molecule has 162 valence electrons. The molecule has 0 aliphatic heterocycles. The van der Waals surface area contributed by atoms with Crippen molar-refractivity contribution in [1.29, 1.82) is 0 Å². The molecule has 0 saturated heterocycles. The first kappa shape index (κ1) is 22.1. The number of carbonyl (C=O) groups is 1. The summed E-state index contributed by atoms with van der Waals surface area (Å²) in [6.45, 7) is 3.88. The lowest BCUT2D eigenvalue weighted by atomic mass is 10.1. The lowest BCUT2D eigenvalue weighted by molar-refractivity contribution is -0.125. The number of H-pyrrole nitrogens is 1. The van der Waals surface area contributed by atoms with Gasteiger partial charge in [-0.15, -0.1) is 0 Å². The molecule has 1 atom stereocenters. The number of phenolic OH excluding ortho intramolecular Hbond substituents is 1. The number of rotatable bonds is 9. The average Bonchev–Trinajstić information content (AvgIpc) is 2.75. The van der Waals surface area contributed by atoms with Crippen LogP contribution in [0, 0.1) is 6.92 Å². The number of nitrogens with one attached hydrogen (secondary N) is 1. The van der Waals surface area contributed by atoms with Gasteiger partial charge < -0.3 is 20.6 Å². The zero-order chi connectivity index (χ0) is 22.4. The zero-order valence-corrected chi connectivity index (χ0v) is 17.7. The second-order valence-corrected chi connectivity index (χ2v) is 7.52. The van der Waals surface area contributed by atoms with Crippen LogP contribution in [0.4, 0.5) is 0 Å². The van der Waals surface area contributed by atoms with Gasteiger partial charge in [-0.3, -0.25) is 4.79 Å². The number of benzene rings is 2. The summed E-state index contributed by atoms with van der Waals surface area (Å²) < 4.78 is 5.84. The van der Waals surface area contributed by atoms with Crippen molar-refractivity contribution in [3.63, 3.8) is 0 Å². The first-order valence-corrected chi connectivity index (χ1v) is 10.3. The van der Waals surface area contributed by atoms with Crippen LogP contribution >= 0.6 is 0 Å². The normalized spacial score (nSPS) is 11.8. The first-order chi connectivity index (χ1) is 14.9. The highest BCUT2D eigenvalue weighted by Crippen LogP contribution is 2.28. The fourth-order valence-electron chi connectivity index (χ4n) is 3.32. The molecule has 1 amide bonds. The molecule has 3 aromatic rings. The van der Waals surface area contributed by atoms with E-state index in [1.54, 1.807) is 49.4 Å². The Kier molecular flexibility index (Phi) is 7.07. The minimum atomic E-state index is -0.704. The fourth-order valence-corrected chi connectivity index (χ4v) is 3.32. The van der Waals surface area contributed by atoms with Gasteiger partial charge in [-0.25, -0.2) is 4.79 Å². The number of unbranched alkanes of at least 4 members (excludes halogenated alkanes) is 2. The predicted molar refractivity (Wildman–Crippen MR) is 120 cm³/mol. The van der Waals surface area contributed by atoms with E-state index in [0.29, 0.717) is 34.7 Å². The molecule has 0 radical (unpaired) electrons. The maximum atomic E-state index is 12.2. The minimum absolute atomic E-state index is 0.188. The third kappa shape index (κ3) is 5.72. The summed E-state index contributed by atoms with van der Waals surface area (Å²) in [5, 5.41) is 9.76. The molecule has 2 aromatic carbocycles. The maximum absolute atomic E-state index is 12.2. The van der Waals surface area contributed by atoms with E-state index in [0.717, 1.165) is 24.8 Å². The lowest BCUT2D eigenvalue weighted by Crippen LogP contribution is -2.33. The summed E-state index contributed by atoms with van der Waals surface area (Å²) >= 11 is 0. The summed E-state index contributed by atoms with van der Waals surface area (Å²) in [6, 6.07) is 13.9.